The summed E-state index contributed by atoms with van der Waals surface area (Å²) in [4.78, 5) is 2.57. The molecule has 3 heteroatoms. The molecule has 0 bridgehead atoms. The predicted octanol–water partition coefficient (Wildman–Crippen LogP) is 3.60. The van der Waals surface area contributed by atoms with Gasteiger partial charge in [0, 0.05) is 23.1 Å². The van der Waals surface area contributed by atoms with Crippen LogP contribution in [0.1, 0.15) is 44.7 Å². The van der Waals surface area contributed by atoms with Gasteiger partial charge in [-0.1, -0.05) is 30.7 Å². The van der Waals surface area contributed by atoms with E-state index in [9.17, 15) is 0 Å². The Morgan fingerprint density at radius 1 is 1.44 bits per heavy atom. The molecule has 1 saturated carbocycles. The maximum Gasteiger partial charge on any atom is 0.0499 e. The van der Waals surface area contributed by atoms with Gasteiger partial charge in [0.1, 0.15) is 0 Å². The van der Waals surface area contributed by atoms with Gasteiger partial charge in [-0.3, -0.25) is 4.90 Å². The highest BCUT2D eigenvalue weighted by molar-refractivity contribution is 6.30. The van der Waals surface area contributed by atoms with Crippen molar-refractivity contribution in [2.75, 3.05) is 6.54 Å². The molecular weight excluding hydrogens is 244 g/mol. The first-order chi connectivity index (χ1) is 8.63. The summed E-state index contributed by atoms with van der Waals surface area (Å²) >= 11 is 6.11. The number of nitrogens with zero attached hydrogens (tertiary/aromatic N) is 1. The van der Waals surface area contributed by atoms with Crippen molar-refractivity contribution in [3.05, 3.63) is 34.9 Å². The standard InChI is InChI=1S/C15H23ClN2/c1-3-9-18(14-7-8-14)15(11(2)17)12-5-4-6-13(16)10-12/h4-6,10-11,14-15H,3,7-9,17H2,1-2H3. The van der Waals surface area contributed by atoms with Crippen molar-refractivity contribution >= 4 is 11.6 Å². The van der Waals surface area contributed by atoms with Crippen LogP contribution < -0.4 is 5.73 Å². The van der Waals surface area contributed by atoms with Crippen molar-refractivity contribution in [3.63, 3.8) is 0 Å². The summed E-state index contributed by atoms with van der Waals surface area (Å²) in [5.74, 6) is 0. The van der Waals surface area contributed by atoms with E-state index in [1.807, 2.05) is 12.1 Å². The third-order valence-electron chi connectivity index (χ3n) is 3.54. The van der Waals surface area contributed by atoms with E-state index in [-0.39, 0.29) is 12.1 Å². The highest BCUT2D eigenvalue weighted by Gasteiger charge is 2.35. The molecule has 0 spiro atoms. The summed E-state index contributed by atoms with van der Waals surface area (Å²) in [6, 6.07) is 9.27. The molecule has 0 amide bonds. The van der Waals surface area contributed by atoms with Crippen LogP contribution in [0.3, 0.4) is 0 Å². The number of benzene rings is 1. The van der Waals surface area contributed by atoms with Crippen molar-refractivity contribution in [2.24, 2.45) is 5.73 Å². The van der Waals surface area contributed by atoms with Crippen LogP contribution in [0.2, 0.25) is 5.02 Å². The monoisotopic (exact) mass is 266 g/mol. The molecule has 0 aliphatic heterocycles. The third-order valence-corrected chi connectivity index (χ3v) is 3.78. The summed E-state index contributed by atoms with van der Waals surface area (Å²) in [7, 11) is 0. The molecule has 0 saturated heterocycles. The molecule has 1 fully saturated rings. The largest absolute Gasteiger partial charge is 0.326 e. The van der Waals surface area contributed by atoms with Crippen molar-refractivity contribution in [2.45, 2.75) is 51.2 Å². The zero-order valence-electron chi connectivity index (χ0n) is 11.3. The molecule has 1 aliphatic rings. The van der Waals surface area contributed by atoms with E-state index in [1.54, 1.807) is 0 Å². The second-order valence-corrected chi connectivity index (χ2v) is 5.76. The quantitative estimate of drug-likeness (QED) is 0.852. The first-order valence-corrected chi connectivity index (χ1v) is 7.28. The van der Waals surface area contributed by atoms with E-state index in [2.05, 4.69) is 30.9 Å². The Morgan fingerprint density at radius 2 is 2.17 bits per heavy atom. The van der Waals surface area contributed by atoms with Gasteiger partial charge in [0.25, 0.3) is 0 Å². The minimum atomic E-state index is 0.121. The van der Waals surface area contributed by atoms with Gasteiger partial charge in [-0.25, -0.2) is 0 Å². The van der Waals surface area contributed by atoms with Gasteiger partial charge in [0.2, 0.25) is 0 Å². The van der Waals surface area contributed by atoms with Crippen LogP contribution in [-0.2, 0) is 0 Å². The highest BCUT2D eigenvalue weighted by atomic mass is 35.5. The number of hydrogen-bond acceptors (Lipinski definition) is 2. The first-order valence-electron chi connectivity index (χ1n) is 6.90. The fourth-order valence-corrected chi connectivity index (χ4v) is 2.90. The maximum absolute atomic E-state index is 6.23. The van der Waals surface area contributed by atoms with Crippen molar-refractivity contribution in [3.8, 4) is 0 Å². The summed E-state index contributed by atoms with van der Waals surface area (Å²) < 4.78 is 0. The SMILES string of the molecule is CCCN(C1CC1)C(c1cccc(Cl)c1)C(C)N. The van der Waals surface area contributed by atoms with Crippen LogP contribution in [0.4, 0.5) is 0 Å². The highest BCUT2D eigenvalue weighted by Crippen LogP contribution is 2.36. The minimum Gasteiger partial charge on any atom is -0.326 e. The zero-order valence-corrected chi connectivity index (χ0v) is 12.0. The predicted molar refractivity (Wildman–Crippen MR) is 77.9 cm³/mol. The van der Waals surface area contributed by atoms with Crippen LogP contribution >= 0.6 is 11.6 Å². The molecule has 0 radical (unpaired) electrons. The molecule has 2 rings (SSSR count). The Balaban J connectivity index is 2.25. The van der Waals surface area contributed by atoms with Crippen LogP contribution in [0.25, 0.3) is 0 Å². The first kappa shape index (κ1) is 13.9. The van der Waals surface area contributed by atoms with Crippen molar-refractivity contribution in [1.29, 1.82) is 0 Å². The molecule has 0 heterocycles. The van der Waals surface area contributed by atoms with E-state index in [0.29, 0.717) is 0 Å². The molecule has 2 unspecified atom stereocenters. The van der Waals surface area contributed by atoms with Crippen molar-refractivity contribution in [1.82, 2.24) is 4.90 Å². The van der Waals surface area contributed by atoms with E-state index in [4.69, 9.17) is 17.3 Å². The number of nitrogens with two attached hydrogens (primary N) is 1. The maximum atomic E-state index is 6.23. The van der Waals surface area contributed by atoms with Gasteiger partial charge in [-0.2, -0.15) is 0 Å². The van der Waals surface area contributed by atoms with E-state index in [0.717, 1.165) is 17.6 Å². The second-order valence-electron chi connectivity index (χ2n) is 5.33. The van der Waals surface area contributed by atoms with E-state index < -0.39 is 0 Å². The van der Waals surface area contributed by atoms with Crippen LogP contribution in [0.5, 0.6) is 0 Å². The summed E-state index contributed by atoms with van der Waals surface area (Å²) in [6.07, 6.45) is 3.79. The van der Waals surface area contributed by atoms with Crippen molar-refractivity contribution < 1.29 is 0 Å². The Labute approximate surface area is 115 Å². The summed E-state index contributed by atoms with van der Waals surface area (Å²) in [5.41, 5.74) is 7.48. The van der Waals surface area contributed by atoms with Gasteiger partial charge in [0.05, 0.1) is 0 Å². The molecule has 0 aromatic heterocycles. The van der Waals surface area contributed by atoms with Crippen LogP contribution in [0.15, 0.2) is 24.3 Å². The molecule has 1 aliphatic carbocycles. The normalized spacial score (nSPS) is 18.9. The number of rotatable bonds is 6. The van der Waals surface area contributed by atoms with E-state index >= 15 is 0 Å². The van der Waals surface area contributed by atoms with Gasteiger partial charge in [0.15, 0.2) is 0 Å². The van der Waals surface area contributed by atoms with Gasteiger partial charge in [-0.05, 0) is 50.4 Å². The topological polar surface area (TPSA) is 29.3 Å². The summed E-state index contributed by atoms with van der Waals surface area (Å²) in [6.45, 7) is 5.44. The molecule has 1 aromatic carbocycles. The van der Waals surface area contributed by atoms with Gasteiger partial charge < -0.3 is 5.73 Å². The molecule has 1 aromatic rings. The lowest BCUT2D eigenvalue weighted by Gasteiger charge is -2.34. The summed E-state index contributed by atoms with van der Waals surface area (Å²) in [5, 5.41) is 0.797. The lowest BCUT2D eigenvalue weighted by Crippen LogP contribution is -2.41. The number of halogens is 1. The molecule has 2 atom stereocenters. The Hall–Kier alpha value is -0.570. The van der Waals surface area contributed by atoms with Gasteiger partial charge in [-0.15, -0.1) is 0 Å². The minimum absolute atomic E-state index is 0.121. The smallest absolute Gasteiger partial charge is 0.0499 e. The number of hydrogen-bond donors (Lipinski definition) is 1. The molecular formula is C15H23ClN2. The average molecular weight is 267 g/mol. The Kier molecular flexibility index (Phi) is 4.66. The second kappa shape index (κ2) is 6.05. The van der Waals surface area contributed by atoms with E-state index in [1.165, 1.54) is 24.8 Å². The molecule has 2 nitrogen and oxygen atoms in total. The Morgan fingerprint density at radius 3 is 2.67 bits per heavy atom. The van der Waals surface area contributed by atoms with Gasteiger partial charge >= 0.3 is 0 Å². The van der Waals surface area contributed by atoms with Crippen LogP contribution in [0, 0.1) is 0 Å². The Bertz CT molecular complexity index is 388. The zero-order chi connectivity index (χ0) is 13.1. The molecule has 18 heavy (non-hydrogen) atoms. The average Bonchev–Trinajstić information content (AvgIpc) is 3.11. The fraction of sp³-hybridized carbons (Fsp3) is 0.600. The lowest BCUT2D eigenvalue weighted by atomic mass is 9.98. The fourth-order valence-electron chi connectivity index (χ4n) is 2.70. The molecule has 2 N–H and O–H groups in total. The third kappa shape index (κ3) is 3.25. The lowest BCUT2D eigenvalue weighted by molar-refractivity contribution is 0.166. The van der Waals surface area contributed by atoms with Crippen LogP contribution in [-0.4, -0.2) is 23.5 Å². The molecule has 100 valence electrons.